The first-order chi connectivity index (χ1) is 13.9. The van der Waals surface area contributed by atoms with Gasteiger partial charge in [-0.25, -0.2) is 8.42 Å². The van der Waals surface area contributed by atoms with Crippen molar-refractivity contribution in [2.24, 2.45) is 17.3 Å². The van der Waals surface area contributed by atoms with Crippen molar-refractivity contribution in [2.45, 2.75) is 57.8 Å². The summed E-state index contributed by atoms with van der Waals surface area (Å²) < 4.78 is 31.3. The maximum atomic E-state index is 11.7. The third-order valence-corrected chi connectivity index (χ3v) is 7.79. The Morgan fingerprint density at radius 1 is 1.31 bits per heavy atom. The van der Waals surface area contributed by atoms with Crippen LogP contribution in [0.15, 0.2) is 24.3 Å². The second-order valence-electron chi connectivity index (χ2n) is 9.09. The molecule has 2 N–H and O–H groups in total. The number of nitrogens with one attached hydrogen (secondary N) is 2. The van der Waals surface area contributed by atoms with Gasteiger partial charge in [0.25, 0.3) is 0 Å². The van der Waals surface area contributed by atoms with Crippen LogP contribution in [0, 0.1) is 17.3 Å². The van der Waals surface area contributed by atoms with Gasteiger partial charge in [-0.1, -0.05) is 38.3 Å². The largest absolute Gasteiger partial charge is 0.385 e. The van der Waals surface area contributed by atoms with E-state index in [-0.39, 0.29) is 5.41 Å². The molecule has 0 aromatic heterocycles. The molecule has 6 heteroatoms. The van der Waals surface area contributed by atoms with E-state index in [0.717, 1.165) is 26.1 Å². The maximum Gasteiger partial charge on any atom is 0.229 e. The highest BCUT2D eigenvalue weighted by Gasteiger charge is 2.54. The molecule has 0 amide bonds. The number of sulfonamides is 1. The van der Waals surface area contributed by atoms with Gasteiger partial charge < -0.3 is 10.1 Å². The summed E-state index contributed by atoms with van der Waals surface area (Å²) in [5, 5.41) is 3.73. The summed E-state index contributed by atoms with van der Waals surface area (Å²) in [6, 6.07) is 8.15. The molecule has 1 aromatic rings. The second-order valence-corrected chi connectivity index (χ2v) is 10.8. The summed E-state index contributed by atoms with van der Waals surface area (Å²) in [6.07, 6.45) is 9.86. The lowest BCUT2D eigenvalue weighted by molar-refractivity contribution is 0.0874. The van der Waals surface area contributed by atoms with Crippen LogP contribution in [0.4, 0.5) is 5.69 Å². The van der Waals surface area contributed by atoms with Gasteiger partial charge in [-0.15, -0.1) is 0 Å². The van der Waals surface area contributed by atoms with E-state index in [2.05, 4.69) is 29.1 Å². The third kappa shape index (κ3) is 5.33. The lowest BCUT2D eigenvalue weighted by Crippen LogP contribution is -2.49. The SMILES string of the molecule is CCC(CCCCCOC)C12CCC(CNC1)C2c1cccc(NS(C)(=O)=O)c1. The Labute approximate surface area is 177 Å². The molecule has 2 bridgehead atoms. The molecule has 1 aromatic carbocycles. The van der Waals surface area contributed by atoms with Crippen molar-refractivity contribution in [1.82, 2.24) is 5.32 Å². The van der Waals surface area contributed by atoms with Crippen molar-refractivity contribution >= 4 is 15.7 Å². The van der Waals surface area contributed by atoms with Crippen molar-refractivity contribution in [1.29, 1.82) is 0 Å². The van der Waals surface area contributed by atoms with Gasteiger partial charge in [0.1, 0.15) is 0 Å². The van der Waals surface area contributed by atoms with Crippen molar-refractivity contribution in [3.63, 3.8) is 0 Å². The minimum atomic E-state index is -3.26. The average Bonchev–Trinajstić information content (AvgIpc) is 2.90. The molecular formula is C23H38N2O3S. The quantitative estimate of drug-likeness (QED) is 0.520. The summed E-state index contributed by atoms with van der Waals surface area (Å²) in [7, 11) is -1.49. The molecule has 29 heavy (non-hydrogen) atoms. The molecule has 3 rings (SSSR count). The lowest BCUT2D eigenvalue weighted by Gasteiger charge is -2.47. The number of hydrogen-bond acceptors (Lipinski definition) is 4. The molecule has 0 spiro atoms. The maximum absolute atomic E-state index is 11.7. The predicted octanol–water partition coefficient (Wildman–Crippen LogP) is 4.37. The number of rotatable bonds is 11. The number of ether oxygens (including phenoxy) is 1. The molecule has 2 fully saturated rings. The zero-order valence-electron chi connectivity index (χ0n) is 18.2. The van der Waals surface area contributed by atoms with Crippen LogP contribution in [0.2, 0.25) is 0 Å². The smallest absolute Gasteiger partial charge is 0.229 e. The molecule has 0 radical (unpaired) electrons. The van der Waals surface area contributed by atoms with Crippen molar-refractivity contribution in [2.75, 3.05) is 37.8 Å². The zero-order valence-corrected chi connectivity index (χ0v) is 19.1. The van der Waals surface area contributed by atoms with Crippen LogP contribution in [0.25, 0.3) is 0 Å². The Morgan fingerprint density at radius 2 is 2.14 bits per heavy atom. The monoisotopic (exact) mass is 422 g/mol. The highest BCUT2D eigenvalue weighted by atomic mass is 32.2. The molecule has 164 valence electrons. The van der Waals surface area contributed by atoms with Gasteiger partial charge in [0, 0.05) is 25.9 Å². The van der Waals surface area contributed by atoms with Crippen LogP contribution in [0.3, 0.4) is 0 Å². The molecule has 1 saturated heterocycles. The molecule has 1 saturated carbocycles. The van der Waals surface area contributed by atoms with E-state index in [0.29, 0.717) is 23.4 Å². The molecule has 4 atom stereocenters. The van der Waals surface area contributed by atoms with E-state index in [1.807, 2.05) is 12.1 Å². The van der Waals surface area contributed by atoms with Crippen LogP contribution in [-0.2, 0) is 14.8 Å². The van der Waals surface area contributed by atoms with E-state index in [1.54, 1.807) is 7.11 Å². The first-order valence-corrected chi connectivity index (χ1v) is 13.1. The van der Waals surface area contributed by atoms with E-state index < -0.39 is 10.0 Å². The fourth-order valence-electron chi connectivity index (χ4n) is 6.08. The van der Waals surface area contributed by atoms with Gasteiger partial charge in [-0.2, -0.15) is 0 Å². The Bertz CT molecular complexity index is 763. The molecule has 4 unspecified atom stereocenters. The first kappa shape index (κ1) is 22.6. The zero-order chi connectivity index (χ0) is 20.9. The number of unbranched alkanes of at least 4 members (excludes halogenated alkanes) is 2. The Morgan fingerprint density at radius 3 is 2.86 bits per heavy atom. The van der Waals surface area contributed by atoms with Crippen LogP contribution >= 0.6 is 0 Å². The summed E-state index contributed by atoms with van der Waals surface area (Å²) in [5.74, 6) is 1.84. The molecule has 2 aliphatic rings. The minimum absolute atomic E-state index is 0.280. The first-order valence-electron chi connectivity index (χ1n) is 11.2. The van der Waals surface area contributed by atoms with Gasteiger partial charge in [0.05, 0.1) is 6.26 Å². The molecule has 5 nitrogen and oxygen atoms in total. The number of fused-ring (bicyclic) bond motifs is 2. The molecule has 1 aliphatic carbocycles. The van der Waals surface area contributed by atoms with E-state index in [4.69, 9.17) is 4.74 Å². The second kappa shape index (κ2) is 9.80. The number of anilines is 1. The Kier molecular flexibility index (Phi) is 7.63. The van der Waals surface area contributed by atoms with E-state index in [1.165, 1.54) is 50.3 Å². The van der Waals surface area contributed by atoms with Gasteiger partial charge >= 0.3 is 0 Å². The number of methoxy groups -OCH3 is 1. The summed E-state index contributed by atoms with van der Waals surface area (Å²) in [5.41, 5.74) is 2.27. The van der Waals surface area contributed by atoms with Crippen LogP contribution in [0.5, 0.6) is 0 Å². The normalized spacial score (nSPS) is 27.7. The van der Waals surface area contributed by atoms with Gasteiger partial charge in [0.2, 0.25) is 10.0 Å². The van der Waals surface area contributed by atoms with Crippen molar-refractivity contribution < 1.29 is 13.2 Å². The van der Waals surface area contributed by atoms with E-state index >= 15 is 0 Å². The number of hydrogen-bond donors (Lipinski definition) is 2. The number of benzene rings is 1. The lowest BCUT2D eigenvalue weighted by atomic mass is 9.61. The minimum Gasteiger partial charge on any atom is -0.385 e. The van der Waals surface area contributed by atoms with E-state index in [9.17, 15) is 8.42 Å². The van der Waals surface area contributed by atoms with Crippen LogP contribution < -0.4 is 10.0 Å². The molecular weight excluding hydrogens is 384 g/mol. The van der Waals surface area contributed by atoms with Gasteiger partial charge in [-0.05, 0) is 73.1 Å². The highest BCUT2D eigenvalue weighted by Crippen LogP contribution is 2.60. The third-order valence-electron chi connectivity index (χ3n) is 7.19. The summed E-state index contributed by atoms with van der Waals surface area (Å²) in [6.45, 7) is 5.35. The van der Waals surface area contributed by atoms with Crippen LogP contribution in [0.1, 0.15) is 63.4 Å². The fraction of sp³-hybridized carbons (Fsp3) is 0.739. The van der Waals surface area contributed by atoms with Crippen molar-refractivity contribution in [3.05, 3.63) is 29.8 Å². The topological polar surface area (TPSA) is 67.4 Å². The molecule has 1 aliphatic heterocycles. The molecule has 1 heterocycles. The van der Waals surface area contributed by atoms with Gasteiger partial charge in [-0.3, -0.25) is 4.72 Å². The fourth-order valence-corrected chi connectivity index (χ4v) is 6.64. The average molecular weight is 423 g/mol. The standard InChI is InChI=1S/C23H38N2O3S/c1-4-20(10-6-5-7-14-28-2)23-13-12-19(16-24-17-23)22(23)18-9-8-11-21(15-18)25-29(3,26)27/h8-9,11,15,19-20,22,24-25H,4-7,10,12-14,16-17H2,1-3H3. The Hall–Kier alpha value is -1.11. The van der Waals surface area contributed by atoms with Crippen LogP contribution in [-0.4, -0.2) is 41.5 Å². The summed E-state index contributed by atoms with van der Waals surface area (Å²) in [4.78, 5) is 0. The highest BCUT2D eigenvalue weighted by molar-refractivity contribution is 7.92. The predicted molar refractivity (Wildman–Crippen MR) is 120 cm³/mol. The van der Waals surface area contributed by atoms with Gasteiger partial charge in [0.15, 0.2) is 0 Å². The van der Waals surface area contributed by atoms with Crippen molar-refractivity contribution in [3.8, 4) is 0 Å². The Balaban J connectivity index is 1.82. The summed E-state index contributed by atoms with van der Waals surface area (Å²) >= 11 is 0. The number of piperidine rings is 1.